The van der Waals surface area contributed by atoms with Crippen molar-refractivity contribution in [3.05, 3.63) is 24.2 Å². The Bertz CT molecular complexity index is 498. The quantitative estimate of drug-likeness (QED) is 0.868. The molecule has 1 amide bonds. The fourth-order valence-electron chi connectivity index (χ4n) is 3.19. The van der Waals surface area contributed by atoms with E-state index in [-0.39, 0.29) is 11.3 Å². The fourth-order valence-corrected chi connectivity index (χ4v) is 3.19. The minimum absolute atomic E-state index is 0.133. The lowest BCUT2D eigenvalue weighted by molar-refractivity contribution is -0.140. The second kappa shape index (κ2) is 6.40. The van der Waals surface area contributed by atoms with Crippen LogP contribution >= 0.6 is 0 Å². The number of carbonyl (C=O) groups is 1. The van der Waals surface area contributed by atoms with Crippen molar-refractivity contribution >= 4 is 5.91 Å². The van der Waals surface area contributed by atoms with Crippen LogP contribution in [0.5, 0.6) is 0 Å². The van der Waals surface area contributed by atoms with Crippen molar-refractivity contribution in [1.82, 2.24) is 9.80 Å². The standard InChI is InChI=1S/C16H24N2O4/c1-21-12-16(4-5-16)15(20)18-7-6-17(9-13(19)10-18)11-14-3-2-8-22-14/h2-3,8,13,19H,4-7,9-12H2,1H3. The third-order valence-electron chi connectivity index (χ3n) is 4.56. The topological polar surface area (TPSA) is 66.2 Å². The molecular formula is C16H24N2O4. The maximum Gasteiger partial charge on any atom is 0.231 e. The number of hydrogen-bond acceptors (Lipinski definition) is 5. The van der Waals surface area contributed by atoms with Crippen molar-refractivity contribution in [3.63, 3.8) is 0 Å². The highest BCUT2D eigenvalue weighted by Gasteiger charge is 2.52. The second-order valence-electron chi connectivity index (χ2n) is 6.43. The molecule has 0 aromatic carbocycles. The van der Waals surface area contributed by atoms with Crippen molar-refractivity contribution in [2.75, 3.05) is 39.9 Å². The monoisotopic (exact) mass is 308 g/mol. The molecule has 1 N–H and O–H groups in total. The average molecular weight is 308 g/mol. The summed E-state index contributed by atoms with van der Waals surface area (Å²) in [4.78, 5) is 16.6. The van der Waals surface area contributed by atoms with E-state index in [1.54, 1.807) is 18.3 Å². The zero-order valence-corrected chi connectivity index (χ0v) is 13.0. The maximum atomic E-state index is 12.7. The Morgan fingerprint density at radius 2 is 2.27 bits per heavy atom. The van der Waals surface area contributed by atoms with Gasteiger partial charge < -0.3 is 19.2 Å². The Kier molecular flexibility index (Phi) is 4.52. The summed E-state index contributed by atoms with van der Waals surface area (Å²) >= 11 is 0. The van der Waals surface area contributed by atoms with E-state index < -0.39 is 6.10 Å². The molecule has 0 radical (unpaired) electrons. The molecule has 1 aliphatic heterocycles. The first kappa shape index (κ1) is 15.5. The molecule has 22 heavy (non-hydrogen) atoms. The Labute approximate surface area is 130 Å². The summed E-state index contributed by atoms with van der Waals surface area (Å²) in [6.07, 6.45) is 2.91. The van der Waals surface area contributed by atoms with Crippen molar-refractivity contribution in [2.24, 2.45) is 5.41 Å². The molecule has 122 valence electrons. The molecular weight excluding hydrogens is 284 g/mol. The molecule has 2 aliphatic rings. The fraction of sp³-hybridized carbons (Fsp3) is 0.688. The predicted molar refractivity (Wildman–Crippen MR) is 80.1 cm³/mol. The SMILES string of the molecule is COCC1(C(=O)N2CCN(Cc3ccco3)CC(O)C2)CC1. The summed E-state index contributed by atoms with van der Waals surface area (Å²) in [5, 5.41) is 10.2. The molecule has 2 heterocycles. The lowest BCUT2D eigenvalue weighted by atomic mass is 10.1. The average Bonchev–Trinajstić information content (AvgIpc) is 3.14. The van der Waals surface area contributed by atoms with E-state index in [0.29, 0.717) is 32.8 Å². The molecule has 1 atom stereocenters. The van der Waals surface area contributed by atoms with Gasteiger partial charge in [-0.05, 0) is 25.0 Å². The second-order valence-corrected chi connectivity index (χ2v) is 6.43. The van der Waals surface area contributed by atoms with E-state index in [2.05, 4.69) is 4.90 Å². The van der Waals surface area contributed by atoms with Crippen LogP contribution in [0.25, 0.3) is 0 Å². The Morgan fingerprint density at radius 1 is 1.45 bits per heavy atom. The Morgan fingerprint density at radius 3 is 2.91 bits per heavy atom. The van der Waals surface area contributed by atoms with Crippen LogP contribution in [0.4, 0.5) is 0 Å². The predicted octanol–water partition coefficient (Wildman–Crippen LogP) is 0.711. The number of furan rings is 1. The van der Waals surface area contributed by atoms with Crippen LogP contribution < -0.4 is 0 Å². The van der Waals surface area contributed by atoms with Gasteiger partial charge >= 0.3 is 0 Å². The third kappa shape index (κ3) is 3.34. The van der Waals surface area contributed by atoms with Gasteiger partial charge in [-0.2, -0.15) is 0 Å². The number of hydrogen-bond donors (Lipinski definition) is 1. The number of aliphatic hydroxyl groups is 1. The lowest BCUT2D eigenvalue weighted by Crippen LogP contribution is -2.43. The van der Waals surface area contributed by atoms with Gasteiger partial charge in [0, 0.05) is 33.3 Å². The largest absolute Gasteiger partial charge is 0.468 e. The summed E-state index contributed by atoms with van der Waals surface area (Å²) in [7, 11) is 1.63. The Hall–Kier alpha value is -1.37. The molecule has 3 rings (SSSR count). The van der Waals surface area contributed by atoms with Gasteiger partial charge in [0.05, 0.1) is 30.9 Å². The molecule has 0 bridgehead atoms. The van der Waals surface area contributed by atoms with Crippen LogP contribution in [0, 0.1) is 5.41 Å². The van der Waals surface area contributed by atoms with E-state index in [1.165, 1.54) is 0 Å². The van der Waals surface area contributed by atoms with Crippen molar-refractivity contribution in [1.29, 1.82) is 0 Å². The van der Waals surface area contributed by atoms with E-state index in [1.807, 2.05) is 12.1 Å². The van der Waals surface area contributed by atoms with E-state index >= 15 is 0 Å². The normalized spacial score (nSPS) is 25.0. The van der Waals surface area contributed by atoms with Crippen LogP contribution in [0.1, 0.15) is 18.6 Å². The van der Waals surface area contributed by atoms with Crippen LogP contribution in [-0.4, -0.2) is 66.8 Å². The van der Waals surface area contributed by atoms with Gasteiger partial charge in [0.25, 0.3) is 0 Å². The minimum Gasteiger partial charge on any atom is -0.468 e. The van der Waals surface area contributed by atoms with E-state index in [0.717, 1.165) is 25.1 Å². The number of nitrogens with zero attached hydrogens (tertiary/aromatic N) is 2. The highest BCUT2D eigenvalue weighted by molar-refractivity contribution is 5.85. The minimum atomic E-state index is -0.528. The number of ether oxygens (including phenoxy) is 1. The Balaban J connectivity index is 1.60. The molecule has 1 saturated heterocycles. The van der Waals surface area contributed by atoms with Gasteiger partial charge in [-0.25, -0.2) is 0 Å². The van der Waals surface area contributed by atoms with Gasteiger partial charge in [-0.15, -0.1) is 0 Å². The summed E-state index contributed by atoms with van der Waals surface area (Å²) < 4.78 is 10.6. The molecule has 1 saturated carbocycles. The number of amides is 1. The molecule has 1 aliphatic carbocycles. The summed E-state index contributed by atoms with van der Waals surface area (Å²) in [6.45, 7) is 3.49. The molecule has 1 aromatic heterocycles. The zero-order chi connectivity index (χ0) is 15.6. The summed E-state index contributed by atoms with van der Waals surface area (Å²) in [5.41, 5.74) is -0.329. The zero-order valence-electron chi connectivity index (χ0n) is 13.0. The number of rotatable bonds is 5. The van der Waals surface area contributed by atoms with Crippen LogP contribution in [0.3, 0.4) is 0 Å². The number of β-amino-alcohol motifs (C(OH)–C–C–N with tert-alkyl or cyclic N) is 1. The molecule has 0 spiro atoms. The highest BCUT2D eigenvalue weighted by Crippen LogP contribution is 2.47. The van der Waals surface area contributed by atoms with Crippen molar-refractivity contribution in [2.45, 2.75) is 25.5 Å². The van der Waals surface area contributed by atoms with Gasteiger partial charge in [-0.1, -0.05) is 0 Å². The lowest BCUT2D eigenvalue weighted by Gasteiger charge is -2.26. The highest BCUT2D eigenvalue weighted by atomic mass is 16.5. The summed E-state index contributed by atoms with van der Waals surface area (Å²) in [5.74, 6) is 1.01. The molecule has 2 fully saturated rings. The molecule has 1 unspecified atom stereocenters. The summed E-state index contributed by atoms with van der Waals surface area (Å²) in [6, 6.07) is 3.79. The van der Waals surface area contributed by atoms with Crippen LogP contribution in [0.15, 0.2) is 22.8 Å². The molecule has 1 aromatic rings. The van der Waals surface area contributed by atoms with Crippen molar-refractivity contribution < 1.29 is 19.1 Å². The van der Waals surface area contributed by atoms with Crippen LogP contribution in [-0.2, 0) is 16.1 Å². The first-order chi connectivity index (χ1) is 10.6. The van der Waals surface area contributed by atoms with Crippen LogP contribution in [0.2, 0.25) is 0 Å². The smallest absolute Gasteiger partial charge is 0.231 e. The van der Waals surface area contributed by atoms with Gasteiger partial charge in [-0.3, -0.25) is 9.69 Å². The molecule has 6 heteroatoms. The number of carbonyl (C=O) groups excluding carboxylic acids is 1. The maximum absolute atomic E-state index is 12.7. The third-order valence-corrected chi connectivity index (χ3v) is 4.56. The number of methoxy groups -OCH3 is 1. The van der Waals surface area contributed by atoms with E-state index in [9.17, 15) is 9.90 Å². The first-order valence-corrected chi connectivity index (χ1v) is 7.84. The van der Waals surface area contributed by atoms with E-state index in [4.69, 9.17) is 9.15 Å². The molecule has 6 nitrogen and oxygen atoms in total. The van der Waals surface area contributed by atoms with Gasteiger partial charge in [0.2, 0.25) is 5.91 Å². The van der Waals surface area contributed by atoms with Crippen molar-refractivity contribution in [3.8, 4) is 0 Å². The first-order valence-electron chi connectivity index (χ1n) is 7.84. The number of aliphatic hydroxyl groups excluding tert-OH is 1. The van der Waals surface area contributed by atoms with Gasteiger partial charge in [0.1, 0.15) is 5.76 Å². The van der Waals surface area contributed by atoms with Gasteiger partial charge in [0.15, 0.2) is 0 Å².